The predicted octanol–water partition coefficient (Wildman–Crippen LogP) is 13.0. The Labute approximate surface area is 307 Å². The van der Waals surface area contributed by atoms with Crippen LogP contribution in [0, 0.1) is 0 Å². The van der Waals surface area contributed by atoms with Crippen LogP contribution in [0.5, 0.6) is 0 Å². The van der Waals surface area contributed by atoms with Crippen LogP contribution in [-0.4, -0.2) is 17.9 Å². The van der Waals surface area contributed by atoms with E-state index in [1.165, 1.54) is 120 Å². The SMILES string of the molecule is c1ccc2c(c1)c1ccccc1n2-c1cc2c3ccccc3n3c2c(c1)c1c2cc(-n4c5ccccc5c5ccccc54)cc4c5ccccc5n(c42)c13. The molecule has 54 heavy (non-hydrogen) atoms. The van der Waals surface area contributed by atoms with Crippen molar-refractivity contribution in [3.8, 4) is 11.4 Å². The summed E-state index contributed by atoms with van der Waals surface area (Å²) in [5, 5.41) is 14.1. The van der Waals surface area contributed by atoms with Gasteiger partial charge in [-0.15, -0.1) is 0 Å². The monoisotopic (exact) mass is 684 g/mol. The molecule has 0 aliphatic rings. The van der Waals surface area contributed by atoms with E-state index >= 15 is 0 Å². The van der Waals surface area contributed by atoms with Crippen molar-refractivity contribution in [2.75, 3.05) is 0 Å². The van der Waals surface area contributed by atoms with E-state index in [-0.39, 0.29) is 0 Å². The Kier molecular flexibility index (Phi) is 4.75. The van der Waals surface area contributed by atoms with Gasteiger partial charge < -0.3 is 9.13 Å². The van der Waals surface area contributed by atoms with Gasteiger partial charge in [0.2, 0.25) is 0 Å². The Morgan fingerprint density at radius 1 is 0.259 bits per heavy atom. The summed E-state index contributed by atoms with van der Waals surface area (Å²) >= 11 is 0. The molecule has 14 aromatic rings. The third-order valence-electron chi connectivity index (χ3n) is 12.4. The number of rotatable bonds is 2. The second-order valence-electron chi connectivity index (χ2n) is 14.9. The van der Waals surface area contributed by atoms with Gasteiger partial charge >= 0.3 is 0 Å². The molecule has 4 nitrogen and oxygen atoms in total. The first-order valence-corrected chi connectivity index (χ1v) is 18.7. The molecule has 0 amide bonds. The highest BCUT2D eigenvalue weighted by molar-refractivity contribution is 6.34. The number of fused-ring (bicyclic) bond motifs is 17. The molecule has 0 bridgehead atoms. The number of hydrogen-bond donors (Lipinski definition) is 0. The minimum absolute atomic E-state index is 1.18. The van der Waals surface area contributed by atoms with Crippen molar-refractivity contribution in [2.45, 2.75) is 0 Å². The van der Waals surface area contributed by atoms with Crippen LogP contribution in [-0.2, 0) is 0 Å². The lowest BCUT2D eigenvalue weighted by molar-refractivity contribution is 1.19. The van der Waals surface area contributed by atoms with E-state index in [1.807, 2.05) is 0 Å². The maximum Gasteiger partial charge on any atom is 0.131 e. The van der Waals surface area contributed by atoms with Gasteiger partial charge in [0.1, 0.15) is 5.65 Å². The third-order valence-corrected chi connectivity index (χ3v) is 12.4. The number of para-hydroxylation sites is 6. The maximum atomic E-state index is 2.55. The largest absolute Gasteiger partial charge is 0.309 e. The van der Waals surface area contributed by atoms with Crippen molar-refractivity contribution in [1.29, 1.82) is 0 Å². The molecule has 0 saturated heterocycles. The van der Waals surface area contributed by atoms with E-state index in [9.17, 15) is 0 Å². The summed E-state index contributed by atoms with van der Waals surface area (Å²) in [5.41, 5.74) is 13.5. The average molecular weight is 685 g/mol. The van der Waals surface area contributed by atoms with Gasteiger partial charge in [-0.2, -0.15) is 0 Å². The highest BCUT2D eigenvalue weighted by Gasteiger charge is 2.28. The second kappa shape index (κ2) is 9.37. The van der Waals surface area contributed by atoms with Gasteiger partial charge in [0.05, 0.1) is 44.1 Å². The van der Waals surface area contributed by atoms with Crippen LogP contribution in [0.25, 0.3) is 120 Å². The van der Waals surface area contributed by atoms with E-state index in [2.05, 4.69) is 188 Å². The molecule has 0 radical (unpaired) electrons. The standard InChI is InChI=1S/C50H28N4/c1-7-19-41-31(13-1)32-14-2-8-20-42(32)51(41)29-25-37-35-17-5-11-23-45(35)53-48(37)39(27-29)47-40-28-30(26-38-36-18-6-12-24-46(36)54(49(38)40)50(47)53)52-43-21-9-3-15-33(43)34-16-4-10-22-44(34)52/h1-28H. The molecular formula is C50H28N4. The van der Waals surface area contributed by atoms with Crippen molar-refractivity contribution < 1.29 is 0 Å². The van der Waals surface area contributed by atoms with E-state index < -0.39 is 0 Å². The Morgan fingerprint density at radius 2 is 0.537 bits per heavy atom. The Bertz CT molecular complexity index is 3540. The van der Waals surface area contributed by atoms with Gasteiger partial charge in [0.15, 0.2) is 0 Å². The topological polar surface area (TPSA) is 18.7 Å². The summed E-state index contributed by atoms with van der Waals surface area (Å²) in [5.74, 6) is 0. The molecule has 4 heteroatoms. The van der Waals surface area contributed by atoms with Gasteiger partial charge in [0, 0.05) is 70.6 Å². The first-order valence-electron chi connectivity index (χ1n) is 18.7. The fraction of sp³-hybridized carbons (Fsp3) is 0. The molecule has 0 N–H and O–H groups in total. The molecule has 6 heterocycles. The molecule has 0 aliphatic heterocycles. The third kappa shape index (κ3) is 3.07. The van der Waals surface area contributed by atoms with Crippen molar-refractivity contribution in [3.05, 3.63) is 170 Å². The highest BCUT2D eigenvalue weighted by Crippen LogP contribution is 2.49. The van der Waals surface area contributed by atoms with Crippen LogP contribution in [0.15, 0.2) is 170 Å². The van der Waals surface area contributed by atoms with Crippen molar-refractivity contribution >= 4 is 109 Å². The number of aromatic nitrogens is 4. The smallest absolute Gasteiger partial charge is 0.131 e. The van der Waals surface area contributed by atoms with Gasteiger partial charge in [0.25, 0.3) is 0 Å². The van der Waals surface area contributed by atoms with Gasteiger partial charge in [-0.25, -0.2) is 0 Å². The zero-order valence-electron chi connectivity index (χ0n) is 29.0. The Balaban J connectivity index is 1.23. The van der Waals surface area contributed by atoms with Gasteiger partial charge in [-0.05, 0) is 60.7 Å². The Hall–Kier alpha value is -7.30. The summed E-state index contributed by atoms with van der Waals surface area (Å²) in [6, 6.07) is 63.0. The minimum atomic E-state index is 1.18. The van der Waals surface area contributed by atoms with E-state index in [0.29, 0.717) is 0 Å². The molecule has 0 atom stereocenters. The highest BCUT2D eigenvalue weighted by atomic mass is 15.1. The van der Waals surface area contributed by atoms with E-state index in [0.717, 1.165) is 0 Å². The summed E-state index contributed by atoms with van der Waals surface area (Å²) in [7, 11) is 0. The second-order valence-corrected chi connectivity index (χ2v) is 14.9. The lowest BCUT2D eigenvalue weighted by Gasteiger charge is -2.10. The van der Waals surface area contributed by atoms with Crippen LogP contribution in [0.2, 0.25) is 0 Å². The fourth-order valence-corrected chi connectivity index (χ4v) is 10.4. The van der Waals surface area contributed by atoms with Crippen molar-refractivity contribution in [3.63, 3.8) is 0 Å². The fourth-order valence-electron chi connectivity index (χ4n) is 10.4. The summed E-state index contributed by atoms with van der Waals surface area (Å²) in [6.07, 6.45) is 0. The Morgan fingerprint density at radius 3 is 0.889 bits per heavy atom. The van der Waals surface area contributed by atoms with Crippen LogP contribution in [0.4, 0.5) is 0 Å². The quantitative estimate of drug-likeness (QED) is 0.173. The molecule has 14 rings (SSSR count). The first-order chi connectivity index (χ1) is 26.8. The van der Waals surface area contributed by atoms with Gasteiger partial charge in [-0.1, -0.05) is 109 Å². The predicted molar refractivity (Wildman–Crippen MR) is 227 cm³/mol. The maximum absolute atomic E-state index is 2.55. The average Bonchev–Trinajstić information content (AvgIpc) is 4.05. The van der Waals surface area contributed by atoms with E-state index in [4.69, 9.17) is 0 Å². The molecule has 0 fully saturated rings. The molecule has 248 valence electrons. The van der Waals surface area contributed by atoms with Crippen molar-refractivity contribution in [1.82, 2.24) is 17.9 Å². The number of hydrogen-bond acceptors (Lipinski definition) is 0. The lowest BCUT2D eigenvalue weighted by atomic mass is 10.0. The van der Waals surface area contributed by atoms with Gasteiger partial charge in [-0.3, -0.25) is 8.80 Å². The van der Waals surface area contributed by atoms with E-state index in [1.54, 1.807) is 0 Å². The van der Waals surface area contributed by atoms with Crippen LogP contribution in [0.1, 0.15) is 0 Å². The normalized spacial score (nSPS) is 12.8. The summed E-state index contributed by atoms with van der Waals surface area (Å²) < 4.78 is 10.0. The summed E-state index contributed by atoms with van der Waals surface area (Å²) in [6.45, 7) is 0. The molecule has 0 spiro atoms. The molecule has 6 aromatic heterocycles. The molecular weight excluding hydrogens is 657 g/mol. The summed E-state index contributed by atoms with van der Waals surface area (Å²) in [4.78, 5) is 0. The number of nitrogens with zero attached hydrogens (tertiary/aromatic N) is 4. The zero-order chi connectivity index (χ0) is 34.8. The van der Waals surface area contributed by atoms with Crippen LogP contribution >= 0.6 is 0 Å². The van der Waals surface area contributed by atoms with Crippen LogP contribution in [0.3, 0.4) is 0 Å². The molecule has 0 aliphatic carbocycles. The number of benzene rings is 8. The molecule has 0 unspecified atom stereocenters. The first kappa shape index (κ1) is 27.4. The van der Waals surface area contributed by atoms with Crippen LogP contribution < -0.4 is 0 Å². The lowest BCUT2D eigenvalue weighted by Crippen LogP contribution is -1.94. The molecule has 0 saturated carbocycles. The zero-order valence-corrected chi connectivity index (χ0v) is 29.0. The molecule has 8 aromatic carbocycles. The minimum Gasteiger partial charge on any atom is -0.309 e. The van der Waals surface area contributed by atoms with Crippen molar-refractivity contribution in [2.24, 2.45) is 0 Å².